The molecular weight excluding hydrogens is 178 g/mol. The molecule has 14 heavy (non-hydrogen) atoms. The quantitative estimate of drug-likeness (QED) is 0.545. The van der Waals surface area contributed by atoms with E-state index in [1.54, 1.807) is 7.11 Å². The van der Waals surface area contributed by atoms with Crippen LogP contribution < -0.4 is 4.74 Å². The standard InChI is InChI=1S/C11H13NO2/c1-7-5-8-3-4-9(14-2)6-10(8)11(7)12-13/h3-4,6-7,13H,5H2,1-2H3/b12-11+. The first-order chi connectivity index (χ1) is 6.76. The molecule has 74 valence electrons. The molecule has 1 aromatic carbocycles. The molecule has 1 N–H and O–H groups in total. The van der Waals surface area contributed by atoms with Gasteiger partial charge in [-0.25, -0.2) is 0 Å². The van der Waals surface area contributed by atoms with Gasteiger partial charge in [-0.15, -0.1) is 0 Å². The summed E-state index contributed by atoms with van der Waals surface area (Å²) in [5.74, 6) is 1.10. The molecule has 1 aliphatic carbocycles. The van der Waals surface area contributed by atoms with Gasteiger partial charge in [0.1, 0.15) is 5.75 Å². The second-order valence-corrected chi connectivity index (χ2v) is 3.61. The van der Waals surface area contributed by atoms with Crippen LogP contribution in [0.5, 0.6) is 5.75 Å². The Morgan fingerprint density at radius 2 is 2.29 bits per heavy atom. The number of fused-ring (bicyclic) bond motifs is 1. The minimum atomic E-state index is 0.294. The normalized spacial score (nSPS) is 22.4. The third kappa shape index (κ3) is 1.25. The van der Waals surface area contributed by atoms with Gasteiger partial charge in [0.2, 0.25) is 0 Å². The highest BCUT2D eigenvalue weighted by molar-refractivity contribution is 6.05. The summed E-state index contributed by atoms with van der Waals surface area (Å²) in [5, 5.41) is 12.2. The molecule has 0 heterocycles. The molecule has 0 aromatic heterocycles. The molecule has 0 fully saturated rings. The van der Waals surface area contributed by atoms with E-state index in [4.69, 9.17) is 9.94 Å². The van der Waals surface area contributed by atoms with Gasteiger partial charge in [0.05, 0.1) is 12.8 Å². The summed E-state index contributed by atoms with van der Waals surface area (Å²) >= 11 is 0. The van der Waals surface area contributed by atoms with Gasteiger partial charge in [0.15, 0.2) is 0 Å². The molecule has 3 heteroatoms. The Morgan fingerprint density at radius 1 is 1.50 bits per heavy atom. The molecule has 0 saturated carbocycles. The van der Waals surface area contributed by atoms with Crippen molar-refractivity contribution in [1.82, 2.24) is 0 Å². The topological polar surface area (TPSA) is 41.8 Å². The first-order valence-electron chi connectivity index (χ1n) is 4.65. The van der Waals surface area contributed by atoms with Crippen LogP contribution in [0, 0.1) is 5.92 Å². The Kier molecular flexibility index (Phi) is 2.15. The number of methoxy groups -OCH3 is 1. The van der Waals surface area contributed by atoms with E-state index in [1.165, 1.54) is 5.56 Å². The van der Waals surface area contributed by atoms with E-state index in [1.807, 2.05) is 18.2 Å². The Morgan fingerprint density at radius 3 is 2.93 bits per heavy atom. The number of ether oxygens (including phenoxy) is 1. The van der Waals surface area contributed by atoms with Crippen LogP contribution in [0.2, 0.25) is 0 Å². The van der Waals surface area contributed by atoms with E-state index < -0.39 is 0 Å². The molecule has 0 amide bonds. The third-order valence-electron chi connectivity index (χ3n) is 2.69. The molecule has 0 saturated heterocycles. The lowest BCUT2D eigenvalue weighted by Gasteiger charge is -2.03. The highest BCUT2D eigenvalue weighted by atomic mass is 16.5. The largest absolute Gasteiger partial charge is 0.497 e. The molecule has 1 aromatic rings. The van der Waals surface area contributed by atoms with Crippen molar-refractivity contribution in [1.29, 1.82) is 0 Å². The minimum Gasteiger partial charge on any atom is -0.497 e. The molecule has 1 aliphatic rings. The van der Waals surface area contributed by atoms with E-state index in [2.05, 4.69) is 12.1 Å². The Balaban J connectivity index is 2.50. The number of hydrogen-bond donors (Lipinski definition) is 1. The predicted octanol–water partition coefficient (Wildman–Crippen LogP) is 2.07. The fourth-order valence-corrected chi connectivity index (χ4v) is 1.94. The van der Waals surface area contributed by atoms with Gasteiger partial charge < -0.3 is 9.94 Å². The van der Waals surface area contributed by atoms with Crippen LogP contribution in [0.4, 0.5) is 0 Å². The molecule has 3 nitrogen and oxygen atoms in total. The molecule has 0 aliphatic heterocycles. The predicted molar refractivity (Wildman–Crippen MR) is 54.2 cm³/mol. The molecule has 0 spiro atoms. The maximum absolute atomic E-state index is 8.89. The van der Waals surface area contributed by atoms with E-state index in [-0.39, 0.29) is 0 Å². The van der Waals surface area contributed by atoms with Crippen molar-refractivity contribution >= 4 is 5.71 Å². The van der Waals surface area contributed by atoms with Gasteiger partial charge in [0, 0.05) is 11.5 Å². The van der Waals surface area contributed by atoms with Crippen LogP contribution in [0.25, 0.3) is 0 Å². The summed E-state index contributed by atoms with van der Waals surface area (Å²) in [5.41, 5.74) is 3.00. The summed E-state index contributed by atoms with van der Waals surface area (Å²) in [6, 6.07) is 5.89. The lowest BCUT2D eigenvalue weighted by molar-refractivity contribution is 0.316. The maximum Gasteiger partial charge on any atom is 0.119 e. The molecule has 1 unspecified atom stereocenters. The zero-order valence-electron chi connectivity index (χ0n) is 8.32. The van der Waals surface area contributed by atoms with E-state index in [0.717, 1.165) is 23.4 Å². The van der Waals surface area contributed by atoms with E-state index in [9.17, 15) is 0 Å². The Hall–Kier alpha value is -1.51. The van der Waals surface area contributed by atoms with Crippen LogP contribution in [0.1, 0.15) is 18.1 Å². The average molecular weight is 191 g/mol. The first kappa shape index (κ1) is 9.06. The Bertz CT molecular complexity index is 385. The summed E-state index contributed by atoms with van der Waals surface area (Å²) < 4.78 is 5.13. The first-order valence-corrected chi connectivity index (χ1v) is 4.65. The van der Waals surface area contributed by atoms with Crippen molar-refractivity contribution in [3.05, 3.63) is 29.3 Å². The van der Waals surface area contributed by atoms with Crippen LogP contribution in [-0.2, 0) is 6.42 Å². The summed E-state index contributed by atoms with van der Waals surface area (Å²) in [6.45, 7) is 2.06. The number of nitrogens with zero attached hydrogens (tertiary/aromatic N) is 1. The van der Waals surface area contributed by atoms with Crippen molar-refractivity contribution in [2.24, 2.45) is 11.1 Å². The number of hydrogen-bond acceptors (Lipinski definition) is 3. The van der Waals surface area contributed by atoms with E-state index >= 15 is 0 Å². The lowest BCUT2D eigenvalue weighted by Crippen LogP contribution is -2.05. The number of rotatable bonds is 1. The zero-order valence-corrected chi connectivity index (χ0v) is 8.32. The summed E-state index contributed by atoms with van der Waals surface area (Å²) in [7, 11) is 1.63. The second kappa shape index (κ2) is 3.33. The van der Waals surface area contributed by atoms with Crippen LogP contribution in [-0.4, -0.2) is 18.0 Å². The van der Waals surface area contributed by atoms with Crippen molar-refractivity contribution in [2.45, 2.75) is 13.3 Å². The zero-order chi connectivity index (χ0) is 10.1. The minimum absolute atomic E-state index is 0.294. The summed E-state index contributed by atoms with van der Waals surface area (Å²) in [6.07, 6.45) is 0.943. The average Bonchev–Trinajstić information content (AvgIpc) is 2.52. The van der Waals surface area contributed by atoms with Crippen LogP contribution in [0.15, 0.2) is 23.4 Å². The molecule has 0 bridgehead atoms. The Labute approximate surface area is 83.0 Å². The highest BCUT2D eigenvalue weighted by Crippen LogP contribution is 2.29. The van der Waals surface area contributed by atoms with E-state index in [0.29, 0.717) is 5.92 Å². The summed E-state index contributed by atoms with van der Waals surface area (Å²) in [4.78, 5) is 0. The molecular formula is C11H13NO2. The van der Waals surface area contributed by atoms with Crippen LogP contribution >= 0.6 is 0 Å². The van der Waals surface area contributed by atoms with Gasteiger partial charge in [0.25, 0.3) is 0 Å². The van der Waals surface area contributed by atoms with Gasteiger partial charge in [-0.1, -0.05) is 18.1 Å². The fraction of sp³-hybridized carbons (Fsp3) is 0.364. The van der Waals surface area contributed by atoms with Gasteiger partial charge >= 0.3 is 0 Å². The van der Waals surface area contributed by atoms with Gasteiger partial charge in [-0.3, -0.25) is 0 Å². The lowest BCUT2D eigenvalue weighted by atomic mass is 10.1. The van der Waals surface area contributed by atoms with Crippen molar-refractivity contribution in [3.8, 4) is 5.75 Å². The second-order valence-electron chi connectivity index (χ2n) is 3.61. The SMILES string of the molecule is COc1ccc2c(c1)/C(=N/O)C(C)C2. The molecule has 1 atom stereocenters. The number of oxime groups is 1. The smallest absolute Gasteiger partial charge is 0.119 e. The van der Waals surface area contributed by atoms with Gasteiger partial charge in [-0.2, -0.15) is 0 Å². The maximum atomic E-state index is 8.89. The monoisotopic (exact) mass is 191 g/mol. The molecule has 0 radical (unpaired) electrons. The van der Waals surface area contributed by atoms with Gasteiger partial charge in [-0.05, 0) is 24.1 Å². The van der Waals surface area contributed by atoms with Crippen molar-refractivity contribution < 1.29 is 9.94 Å². The number of benzene rings is 1. The third-order valence-corrected chi connectivity index (χ3v) is 2.69. The highest BCUT2D eigenvalue weighted by Gasteiger charge is 2.25. The fourth-order valence-electron chi connectivity index (χ4n) is 1.94. The van der Waals surface area contributed by atoms with Crippen molar-refractivity contribution in [3.63, 3.8) is 0 Å². The molecule has 2 rings (SSSR count). The van der Waals surface area contributed by atoms with Crippen LogP contribution in [0.3, 0.4) is 0 Å². The van der Waals surface area contributed by atoms with Crippen molar-refractivity contribution in [2.75, 3.05) is 7.11 Å².